The number of aromatic amines is 1. The number of aliphatic hydroxyl groups is 5. The van der Waals surface area contributed by atoms with Gasteiger partial charge in [0.15, 0.2) is 64.8 Å². The lowest BCUT2D eigenvalue weighted by atomic mass is 10.1. The largest absolute Gasteiger partial charge is 0.472 e. The third kappa shape index (κ3) is 11.1. The van der Waals surface area contributed by atoms with Gasteiger partial charge in [-0.15, -0.1) is 0 Å². The average molecular weight is 1250 g/mol. The molecule has 4 aliphatic heterocycles. The highest BCUT2D eigenvalue weighted by Gasteiger charge is 2.55. The molecule has 0 aliphatic carbocycles. The van der Waals surface area contributed by atoms with Crippen molar-refractivity contribution in [2.75, 3.05) is 37.0 Å². The number of aryl methyl sites for hydroxylation is 1. The molecule has 4 saturated heterocycles. The molecule has 4 aliphatic rings. The van der Waals surface area contributed by atoms with Crippen LogP contribution in [0, 0.1) is 12.7 Å². The molecule has 7 aromatic heterocycles. The number of phosphoric acid groups is 3. The molecule has 0 spiro atoms. The fraction of sp³-hybridized carbons (Fsp3) is 0.525. The van der Waals surface area contributed by atoms with Crippen LogP contribution in [0.1, 0.15) is 37.7 Å². The number of fused-ring (bicyclic) bond motifs is 3. The van der Waals surface area contributed by atoms with Crippen LogP contribution in [0.5, 0.6) is 0 Å². The van der Waals surface area contributed by atoms with Crippen LogP contribution in [0.4, 0.5) is 21.8 Å². The average Bonchev–Trinajstić information content (AvgIpc) is 3.83. The van der Waals surface area contributed by atoms with E-state index in [0.29, 0.717) is 10.8 Å². The Morgan fingerprint density at radius 3 is 1.48 bits per heavy atom. The number of hydrogen-bond donors (Lipinski definition) is 12. The smallest absolute Gasteiger partial charge is 0.387 e. The molecule has 0 aromatic carbocycles. The number of phosphoric ester groups is 3. The van der Waals surface area contributed by atoms with Crippen LogP contribution in [-0.4, -0.2) is 201 Å². The normalized spacial score (nSPS) is 32.2. The minimum Gasteiger partial charge on any atom is -0.387 e. The molecular formula is C40H49FN17O23P3. The van der Waals surface area contributed by atoms with E-state index in [1.165, 1.54) is 18.4 Å². The number of rotatable bonds is 19. The molecule has 44 heteroatoms. The van der Waals surface area contributed by atoms with Gasteiger partial charge in [-0.05, 0) is 13.8 Å². The molecule has 0 bridgehead atoms. The van der Waals surface area contributed by atoms with Crippen molar-refractivity contribution in [3.8, 4) is 0 Å². The lowest BCUT2D eigenvalue weighted by Gasteiger charge is -2.25. The molecule has 84 heavy (non-hydrogen) atoms. The Hall–Kier alpha value is -6.37. The maximum Gasteiger partial charge on any atom is 0.472 e. The predicted octanol–water partition coefficient (Wildman–Crippen LogP) is -3.83. The van der Waals surface area contributed by atoms with Gasteiger partial charge >= 0.3 is 29.2 Å². The highest BCUT2D eigenvalue weighted by atomic mass is 31.2. The van der Waals surface area contributed by atoms with Crippen molar-refractivity contribution in [2.24, 2.45) is 0 Å². The number of halogens is 1. The van der Waals surface area contributed by atoms with Gasteiger partial charge in [0.1, 0.15) is 103 Å². The monoisotopic (exact) mass is 1250 g/mol. The molecule has 4 fully saturated rings. The Balaban J connectivity index is 0.796. The topological polar surface area (TPSA) is 569 Å². The van der Waals surface area contributed by atoms with Gasteiger partial charge in [-0.1, -0.05) is 0 Å². The van der Waals surface area contributed by atoms with Gasteiger partial charge in [-0.2, -0.15) is 4.39 Å². The number of aliphatic hydroxyl groups excluding tert-OH is 5. The fourth-order valence-electron chi connectivity index (χ4n) is 9.78. The van der Waals surface area contributed by atoms with Crippen molar-refractivity contribution in [1.29, 1.82) is 0 Å². The van der Waals surface area contributed by atoms with Crippen molar-refractivity contribution < 1.29 is 104 Å². The zero-order valence-corrected chi connectivity index (χ0v) is 45.5. The standard InChI is InChI=1S/C40H49FN17O23P3/c1-12-21(59)26(37(75-12)55-3-14(41)35(64)54-40(55)65)79-82(66,67)73-5-16-23(61)28(39(77-16)57-11-52-19-30(43)46-8-49-33(19)57)81-84(70,71)74-6-17-24(62)27(38(78-17)56-10-51-18-29(42)45-7-48-32(18)56)80-83(68,69)72-4-15-22(60)25(63)36(76-15)58-13(2)53-20-31(44)47-9-50-34(20)58/h3,7-12,15-17,21-28,36-39,59-63H,4-6H2,1-2H3,(H,66,67)(H,68,69)(H,70,71)(H2,42,45,48)(H2,43,46,49)(H2,44,47,50)(H,54,64,65)/t12-,15-,16-,17-,21-,22-,23-,24-,25-,26-,27-,28-,36-,37-,38-,39-/m1/s1. The van der Waals surface area contributed by atoms with E-state index < -0.39 is 159 Å². The molecule has 19 atom stereocenters. The summed E-state index contributed by atoms with van der Waals surface area (Å²) in [5.74, 6) is -1.47. The second-order valence-electron chi connectivity index (χ2n) is 19.2. The number of hydrogen-bond acceptors (Lipinski definition) is 32. The summed E-state index contributed by atoms with van der Waals surface area (Å²) in [6.07, 6.45) is -22.6. The second kappa shape index (κ2) is 22.5. The van der Waals surface area contributed by atoms with Crippen LogP contribution in [-0.2, 0) is 59.8 Å². The lowest BCUT2D eigenvalue weighted by Crippen LogP contribution is -2.39. The number of anilines is 3. The molecule has 7 aromatic rings. The third-order valence-corrected chi connectivity index (χ3v) is 16.8. The van der Waals surface area contributed by atoms with Gasteiger partial charge in [0.2, 0.25) is 5.82 Å². The summed E-state index contributed by atoms with van der Waals surface area (Å²) in [5.41, 5.74) is 15.4. The highest BCUT2D eigenvalue weighted by molar-refractivity contribution is 7.48. The van der Waals surface area contributed by atoms with Gasteiger partial charge in [-0.3, -0.25) is 55.2 Å². The Morgan fingerprint density at radius 1 is 0.571 bits per heavy atom. The van der Waals surface area contributed by atoms with Gasteiger partial charge in [0, 0.05) is 0 Å². The Labute approximate surface area is 465 Å². The van der Waals surface area contributed by atoms with Crippen molar-refractivity contribution >= 4 is 74.4 Å². The summed E-state index contributed by atoms with van der Waals surface area (Å²) in [6.45, 7) is -0.343. The van der Waals surface area contributed by atoms with E-state index in [-0.39, 0.29) is 56.8 Å². The van der Waals surface area contributed by atoms with Gasteiger partial charge in [-0.25, -0.2) is 63.3 Å². The van der Waals surface area contributed by atoms with Crippen molar-refractivity contribution in [3.63, 3.8) is 0 Å². The zero-order chi connectivity index (χ0) is 60.1. The summed E-state index contributed by atoms with van der Waals surface area (Å²) < 4.78 is 115. The van der Waals surface area contributed by atoms with E-state index >= 15 is 0 Å². The number of imidazole rings is 3. The molecule has 3 unspecified atom stereocenters. The number of aromatic nitrogens is 14. The first-order chi connectivity index (χ1) is 39.7. The van der Waals surface area contributed by atoms with Crippen LogP contribution < -0.4 is 28.5 Å². The summed E-state index contributed by atoms with van der Waals surface area (Å²) in [7, 11) is -16.5. The maximum atomic E-state index is 14.3. The number of ether oxygens (including phenoxy) is 4. The highest BCUT2D eigenvalue weighted by Crippen LogP contribution is 2.54. The van der Waals surface area contributed by atoms with E-state index in [0.717, 1.165) is 40.8 Å². The summed E-state index contributed by atoms with van der Waals surface area (Å²) in [4.78, 5) is 95.9. The van der Waals surface area contributed by atoms with Crippen LogP contribution >= 0.6 is 23.5 Å². The van der Waals surface area contributed by atoms with E-state index in [1.54, 1.807) is 4.98 Å². The first-order valence-electron chi connectivity index (χ1n) is 24.5. The molecule has 11 rings (SSSR count). The molecular weight excluding hydrogens is 1200 g/mol. The number of nitrogens with two attached hydrogens (primary N) is 3. The van der Waals surface area contributed by atoms with Gasteiger partial charge in [0.25, 0.3) is 5.56 Å². The third-order valence-electron chi connectivity index (χ3n) is 13.8. The first-order valence-corrected chi connectivity index (χ1v) is 29.0. The van der Waals surface area contributed by atoms with Gasteiger partial charge < -0.3 is 76.4 Å². The molecule has 0 amide bonds. The van der Waals surface area contributed by atoms with E-state index in [1.807, 2.05) is 0 Å². The van der Waals surface area contributed by atoms with Crippen molar-refractivity contribution in [1.82, 2.24) is 68.1 Å². The van der Waals surface area contributed by atoms with Crippen molar-refractivity contribution in [2.45, 2.75) is 112 Å². The zero-order valence-electron chi connectivity index (χ0n) is 42.8. The number of nitrogens with zero attached hydrogens (tertiary/aromatic N) is 13. The number of nitrogens with one attached hydrogen (secondary N) is 1. The number of nitrogen functional groups attached to an aromatic ring is 3. The minimum atomic E-state index is -5.60. The lowest BCUT2D eigenvalue weighted by molar-refractivity contribution is -0.0656. The quantitative estimate of drug-likeness (QED) is 0.0345. The molecule has 11 heterocycles. The maximum absolute atomic E-state index is 14.3. The van der Waals surface area contributed by atoms with Gasteiger partial charge in [0.05, 0.1) is 44.8 Å². The minimum absolute atomic E-state index is 0.00467. The predicted molar refractivity (Wildman–Crippen MR) is 269 cm³/mol. The van der Waals surface area contributed by atoms with E-state index in [2.05, 4.69) is 44.9 Å². The van der Waals surface area contributed by atoms with Crippen LogP contribution in [0.25, 0.3) is 33.5 Å². The van der Waals surface area contributed by atoms with Crippen LogP contribution in [0.15, 0.2) is 47.4 Å². The van der Waals surface area contributed by atoms with E-state index in [4.69, 9.17) is 63.3 Å². The van der Waals surface area contributed by atoms with Crippen LogP contribution in [0.2, 0.25) is 0 Å². The summed E-state index contributed by atoms with van der Waals surface area (Å²) in [6, 6.07) is 0. The summed E-state index contributed by atoms with van der Waals surface area (Å²) in [5, 5.41) is 56.3. The molecule has 0 saturated carbocycles. The van der Waals surface area contributed by atoms with Crippen LogP contribution in [0.3, 0.4) is 0 Å². The SMILES string of the molecule is Cc1nc2c(N)ncnc2n1[C@@H]1O[C@H](COP(=O)(O)O[C@@H]2[C@H](O)[C@@H](COP(=O)(O)O[C@@H]3[C@H](O)[C@@H](COP(=O)(O)O[C@@H]4[C@H](O)[C@@H](C)O[C@H]4n4cc(F)c(=O)[nH]c4=O)O[C@H]3n3cnc4c(N)ncnc43)O[C@H]2n2cnc3c(N)ncnc32)[C@@H](O)[C@H]1O. The Morgan fingerprint density at radius 2 is 0.988 bits per heavy atom. The molecule has 454 valence electrons. The Bertz CT molecular complexity index is 3920. The number of H-pyrrole nitrogens is 1. The van der Waals surface area contributed by atoms with Crippen molar-refractivity contribution in [3.05, 3.63) is 70.3 Å². The molecule has 15 N–H and O–H groups in total. The summed E-state index contributed by atoms with van der Waals surface area (Å²) >= 11 is 0. The molecule has 0 radical (unpaired) electrons. The Kier molecular flexibility index (Phi) is 15.9. The fourth-order valence-corrected chi connectivity index (χ4v) is 12.6. The molecule has 40 nitrogen and oxygen atoms in total. The first kappa shape index (κ1) is 59.4. The van der Waals surface area contributed by atoms with E-state index in [9.17, 15) is 67.9 Å². The second-order valence-corrected chi connectivity index (χ2v) is 23.4.